The first kappa shape index (κ1) is 22.4. The molecule has 1 saturated carbocycles. The summed E-state index contributed by atoms with van der Waals surface area (Å²) in [6, 6.07) is 14.2. The van der Waals surface area contributed by atoms with E-state index in [0.717, 1.165) is 11.4 Å². The first-order valence-corrected chi connectivity index (χ1v) is 12.1. The van der Waals surface area contributed by atoms with Gasteiger partial charge in [-0.25, -0.2) is 0 Å². The monoisotopic (exact) mass is 475 g/mol. The number of pyridine rings is 1. The Morgan fingerprint density at radius 3 is 2.74 bits per heavy atom. The van der Waals surface area contributed by atoms with Crippen LogP contribution in [0.2, 0.25) is 0 Å². The minimum absolute atomic E-state index is 0.0939. The molecule has 0 unspecified atom stereocenters. The average Bonchev–Trinajstić information content (AvgIpc) is 3.59. The number of amides is 1. The molecule has 1 aromatic carbocycles. The van der Waals surface area contributed by atoms with Gasteiger partial charge in [-0.2, -0.15) is 0 Å². The average molecular weight is 476 g/mol. The van der Waals surface area contributed by atoms with Gasteiger partial charge in [-0.3, -0.25) is 9.78 Å². The van der Waals surface area contributed by atoms with E-state index in [1.807, 2.05) is 42.6 Å². The second-order valence-electron chi connectivity index (χ2n) is 8.89. The van der Waals surface area contributed by atoms with Crippen molar-refractivity contribution in [2.75, 3.05) is 17.3 Å². The number of nitrogens with one attached hydrogen (secondary N) is 2. The van der Waals surface area contributed by atoms with Crippen LogP contribution in [0, 0.1) is 0 Å². The fraction of sp³-hybridized carbons (Fsp3) is 0.346. The van der Waals surface area contributed by atoms with Crippen LogP contribution < -0.4 is 20.3 Å². The summed E-state index contributed by atoms with van der Waals surface area (Å²) in [5.41, 5.74) is 3.59. The lowest BCUT2D eigenvalue weighted by atomic mass is 9.98. The van der Waals surface area contributed by atoms with Crippen molar-refractivity contribution in [3.8, 4) is 5.75 Å². The van der Waals surface area contributed by atoms with E-state index in [0.29, 0.717) is 22.6 Å². The molecule has 2 fully saturated rings. The molecule has 2 atom stereocenters. The quantitative estimate of drug-likeness (QED) is 0.481. The van der Waals surface area contributed by atoms with Gasteiger partial charge in [0.1, 0.15) is 5.75 Å². The molecule has 2 N–H and O–H groups in total. The van der Waals surface area contributed by atoms with Gasteiger partial charge in [-0.15, -0.1) is 0 Å². The molecule has 8 heteroatoms. The number of ether oxygens (including phenoxy) is 1. The zero-order valence-electron chi connectivity index (χ0n) is 19.4. The summed E-state index contributed by atoms with van der Waals surface area (Å²) in [5.74, 6) is 0.441. The molecule has 176 valence electrons. The van der Waals surface area contributed by atoms with E-state index in [-0.39, 0.29) is 18.0 Å². The van der Waals surface area contributed by atoms with E-state index in [2.05, 4.69) is 43.5 Å². The minimum Gasteiger partial charge on any atom is -0.495 e. The van der Waals surface area contributed by atoms with Gasteiger partial charge in [-0.1, -0.05) is 18.9 Å². The van der Waals surface area contributed by atoms with Crippen molar-refractivity contribution in [2.45, 2.75) is 50.7 Å². The Morgan fingerprint density at radius 1 is 1.21 bits per heavy atom. The van der Waals surface area contributed by atoms with Crippen molar-refractivity contribution in [3.05, 3.63) is 72.3 Å². The predicted octanol–water partition coefficient (Wildman–Crippen LogP) is 5.14. The van der Waals surface area contributed by atoms with Gasteiger partial charge in [0, 0.05) is 37.2 Å². The fourth-order valence-corrected chi connectivity index (χ4v) is 5.49. The molecule has 0 radical (unpaired) electrons. The van der Waals surface area contributed by atoms with Crippen molar-refractivity contribution in [2.24, 2.45) is 0 Å². The Morgan fingerprint density at radius 2 is 2.03 bits per heavy atom. The van der Waals surface area contributed by atoms with Crippen LogP contribution in [-0.4, -0.2) is 27.7 Å². The molecule has 1 amide bonds. The van der Waals surface area contributed by atoms with Gasteiger partial charge in [0.25, 0.3) is 0 Å². The van der Waals surface area contributed by atoms with E-state index >= 15 is 0 Å². The number of anilines is 2. The van der Waals surface area contributed by atoms with E-state index in [4.69, 9.17) is 17.0 Å². The summed E-state index contributed by atoms with van der Waals surface area (Å²) in [7, 11) is 1.59. The summed E-state index contributed by atoms with van der Waals surface area (Å²) in [4.78, 5) is 18.6. The van der Waals surface area contributed by atoms with Crippen LogP contribution in [0.5, 0.6) is 5.75 Å². The number of carbonyl (C=O) groups excluding carboxylic acids is 1. The highest BCUT2D eigenvalue weighted by Crippen LogP contribution is 2.44. The third-order valence-electron chi connectivity index (χ3n) is 6.70. The van der Waals surface area contributed by atoms with Crippen LogP contribution in [-0.2, 0) is 4.79 Å². The van der Waals surface area contributed by atoms with E-state index in [1.165, 1.54) is 38.2 Å². The lowest BCUT2D eigenvalue weighted by molar-refractivity contribution is -0.114. The molecule has 2 aliphatic rings. The summed E-state index contributed by atoms with van der Waals surface area (Å²) >= 11 is 5.84. The Hall–Kier alpha value is -3.39. The fourth-order valence-electron chi connectivity index (χ4n) is 5.14. The topological polar surface area (TPSA) is 71.4 Å². The standard InChI is InChI=1S/C26H29N5O2S/c1-17(32)28-22-15-20(10-11-23(22)33-2)31-25(18-12-14-30(16-18)19-7-3-4-8-19)24(29-26(31)34)21-9-5-6-13-27-21/h5-6,9-16,19,24-25H,3-4,7-8H2,1-2H3,(H,28,32)(H,29,34)/t24-,25+/m0/s1. The first-order valence-electron chi connectivity index (χ1n) is 11.7. The molecule has 0 bridgehead atoms. The summed E-state index contributed by atoms with van der Waals surface area (Å²) in [6.45, 7) is 1.49. The highest BCUT2D eigenvalue weighted by Gasteiger charge is 2.41. The maximum atomic E-state index is 11.8. The number of methoxy groups -OCH3 is 1. The van der Waals surface area contributed by atoms with Gasteiger partial charge in [0.15, 0.2) is 5.11 Å². The number of hydrogen-bond donors (Lipinski definition) is 2. The van der Waals surface area contributed by atoms with Gasteiger partial charge in [0.2, 0.25) is 5.91 Å². The summed E-state index contributed by atoms with van der Waals surface area (Å²) in [6.07, 6.45) is 11.3. The van der Waals surface area contributed by atoms with Crippen LogP contribution in [0.25, 0.3) is 0 Å². The zero-order valence-corrected chi connectivity index (χ0v) is 20.2. The number of rotatable bonds is 6. The normalized spacial score (nSPS) is 20.4. The number of nitrogens with zero attached hydrogens (tertiary/aromatic N) is 3. The number of thiocarbonyl (C=S) groups is 1. The van der Waals surface area contributed by atoms with Gasteiger partial charge >= 0.3 is 0 Å². The largest absolute Gasteiger partial charge is 0.495 e. The third kappa shape index (κ3) is 4.25. The molecule has 2 aromatic heterocycles. The molecule has 3 heterocycles. The zero-order chi connectivity index (χ0) is 23.7. The van der Waals surface area contributed by atoms with E-state index in [9.17, 15) is 4.79 Å². The Bertz CT molecular complexity index is 1190. The van der Waals surface area contributed by atoms with Crippen LogP contribution in [0.1, 0.15) is 62.0 Å². The molecule has 5 rings (SSSR count). The van der Waals surface area contributed by atoms with Gasteiger partial charge < -0.3 is 24.8 Å². The van der Waals surface area contributed by atoms with Gasteiger partial charge in [-0.05, 0) is 67.0 Å². The third-order valence-corrected chi connectivity index (χ3v) is 7.01. The second kappa shape index (κ2) is 9.46. The molecule has 34 heavy (non-hydrogen) atoms. The molecule has 1 aliphatic carbocycles. The van der Waals surface area contributed by atoms with Crippen molar-refractivity contribution in [1.82, 2.24) is 14.9 Å². The van der Waals surface area contributed by atoms with Crippen molar-refractivity contribution in [3.63, 3.8) is 0 Å². The van der Waals surface area contributed by atoms with Gasteiger partial charge in [0.05, 0.1) is 30.6 Å². The van der Waals surface area contributed by atoms with Crippen molar-refractivity contribution in [1.29, 1.82) is 0 Å². The second-order valence-corrected chi connectivity index (χ2v) is 9.28. The molecular weight excluding hydrogens is 446 g/mol. The summed E-state index contributed by atoms with van der Waals surface area (Å²) in [5, 5.41) is 6.99. The predicted molar refractivity (Wildman–Crippen MR) is 137 cm³/mol. The molecule has 7 nitrogen and oxygen atoms in total. The molecule has 1 aliphatic heterocycles. The lowest BCUT2D eigenvalue weighted by Gasteiger charge is -2.28. The van der Waals surface area contributed by atoms with Crippen LogP contribution in [0.4, 0.5) is 11.4 Å². The molecule has 0 spiro atoms. The minimum atomic E-state index is -0.158. The Labute approximate surface area is 205 Å². The van der Waals surface area contributed by atoms with Crippen LogP contribution >= 0.6 is 12.2 Å². The number of carbonyl (C=O) groups is 1. The van der Waals surface area contributed by atoms with Crippen molar-refractivity contribution < 1.29 is 9.53 Å². The van der Waals surface area contributed by atoms with E-state index < -0.39 is 0 Å². The van der Waals surface area contributed by atoms with Crippen molar-refractivity contribution >= 4 is 34.6 Å². The maximum absolute atomic E-state index is 11.8. The number of benzene rings is 1. The molecule has 1 saturated heterocycles. The smallest absolute Gasteiger partial charge is 0.221 e. The van der Waals surface area contributed by atoms with Crippen LogP contribution in [0.3, 0.4) is 0 Å². The highest BCUT2D eigenvalue weighted by molar-refractivity contribution is 7.80. The number of hydrogen-bond acceptors (Lipinski definition) is 4. The lowest BCUT2D eigenvalue weighted by Crippen LogP contribution is -2.29. The summed E-state index contributed by atoms with van der Waals surface area (Å²) < 4.78 is 7.81. The van der Waals surface area contributed by atoms with E-state index in [1.54, 1.807) is 7.11 Å². The maximum Gasteiger partial charge on any atom is 0.221 e. The molecular formula is C26H29N5O2S. The Balaban J connectivity index is 1.57. The highest BCUT2D eigenvalue weighted by atomic mass is 32.1. The first-order chi connectivity index (χ1) is 16.5. The van der Waals surface area contributed by atoms with Crippen LogP contribution in [0.15, 0.2) is 61.1 Å². The number of aromatic nitrogens is 2. The molecule has 3 aromatic rings. The Kier molecular flexibility index (Phi) is 6.24. The SMILES string of the molecule is COc1ccc(N2C(=S)N[C@@H](c3ccccn3)[C@H]2c2ccn(C3CCCC3)c2)cc1NC(C)=O.